The van der Waals surface area contributed by atoms with E-state index < -0.39 is 0 Å². The quantitative estimate of drug-likeness (QED) is 0.741. The van der Waals surface area contributed by atoms with Crippen molar-refractivity contribution in [3.63, 3.8) is 0 Å². The van der Waals surface area contributed by atoms with Gasteiger partial charge in [-0.3, -0.25) is 4.90 Å². The van der Waals surface area contributed by atoms with Gasteiger partial charge in [0.05, 0.1) is 0 Å². The monoisotopic (exact) mass is 238 g/mol. The zero-order valence-electron chi connectivity index (χ0n) is 12.1. The maximum Gasteiger partial charge on any atom is 0.0101 e. The average Bonchev–Trinajstić information content (AvgIpc) is 2.84. The predicted molar refractivity (Wildman–Crippen MR) is 74.3 cm³/mol. The number of nitrogens with zero attached hydrogens (tertiary/aromatic N) is 1. The first-order valence-electron chi connectivity index (χ1n) is 7.46. The molecule has 1 heterocycles. The first kappa shape index (κ1) is 13.4. The van der Waals surface area contributed by atoms with Gasteiger partial charge < -0.3 is 5.32 Å². The van der Waals surface area contributed by atoms with Crippen LogP contribution in [0.25, 0.3) is 0 Å². The number of rotatable bonds is 5. The fraction of sp³-hybridized carbons (Fsp3) is 1.00. The van der Waals surface area contributed by atoms with Crippen molar-refractivity contribution in [2.45, 2.75) is 77.4 Å². The van der Waals surface area contributed by atoms with Gasteiger partial charge in [0.25, 0.3) is 0 Å². The third kappa shape index (κ3) is 3.69. The molecule has 3 unspecified atom stereocenters. The summed E-state index contributed by atoms with van der Waals surface area (Å²) in [5.41, 5.74) is 0.274. The van der Waals surface area contributed by atoms with Gasteiger partial charge in [0.1, 0.15) is 0 Å². The van der Waals surface area contributed by atoms with Crippen LogP contribution in [0.3, 0.4) is 0 Å². The summed E-state index contributed by atoms with van der Waals surface area (Å²) in [7, 11) is 0. The minimum absolute atomic E-state index is 0.274. The highest BCUT2D eigenvalue weighted by atomic mass is 15.2. The van der Waals surface area contributed by atoms with Crippen molar-refractivity contribution in [3.05, 3.63) is 0 Å². The Kier molecular flexibility index (Phi) is 4.14. The molecule has 100 valence electrons. The van der Waals surface area contributed by atoms with E-state index >= 15 is 0 Å². The van der Waals surface area contributed by atoms with Crippen molar-refractivity contribution < 1.29 is 0 Å². The molecule has 0 aromatic rings. The highest BCUT2D eigenvalue weighted by molar-refractivity contribution is 4.94. The van der Waals surface area contributed by atoms with Crippen LogP contribution in [0, 0.1) is 5.92 Å². The summed E-state index contributed by atoms with van der Waals surface area (Å²) in [6, 6.07) is 1.73. The van der Waals surface area contributed by atoms with E-state index in [2.05, 4.69) is 37.9 Å². The van der Waals surface area contributed by atoms with Crippen LogP contribution in [0.15, 0.2) is 0 Å². The van der Waals surface area contributed by atoms with E-state index in [9.17, 15) is 0 Å². The van der Waals surface area contributed by atoms with E-state index in [0.29, 0.717) is 0 Å². The van der Waals surface area contributed by atoms with Gasteiger partial charge in [-0.15, -0.1) is 0 Å². The molecule has 1 aliphatic carbocycles. The maximum atomic E-state index is 3.58. The highest BCUT2D eigenvalue weighted by Crippen LogP contribution is 2.38. The van der Waals surface area contributed by atoms with E-state index in [1.807, 2.05) is 0 Å². The standard InChI is InChI=1S/C15H30N2/c1-12(6-5-9-16-15(2,3)4)17-11-13-7-8-14(17)10-13/h12-14,16H,5-11H2,1-4H3. The Morgan fingerprint density at radius 2 is 2.06 bits per heavy atom. The molecule has 0 radical (unpaired) electrons. The average molecular weight is 238 g/mol. The first-order chi connectivity index (χ1) is 7.96. The van der Waals surface area contributed by atoms with Crippen molar-refractivity contribution in [1.29, 1.82) is 0 Å². The summed E-state index contributed by atoms with van der Waals surface area (Å²) in [5.74, 6) is 1.04. The van der Waals surface area contributed by atoms with Gasteiger partial charge >= 0.3 is 0 Å². The molecule has 2 heteroatoms. The zero-order valence-corrected chi connectivity index (χ0v) is 12.1. The Morgan fingerprint density at radius 3 is 2.59 bits per heavy atom. The Morgan fingerprint density at radius 1 is 1.29 bits per heavy atom. The molecule has 0 aromatic heterocycles. The third-order valence-corrected chi connectivity index (χ3v) is 4.47. The third-order valence-electron chi connectivity index (χ3n) is 4.47. The van der Waals surface area contributed by atoms with Gasteiger partial charge in [0.2, 0.25) is 0 Å². The molecule has 2 nitrogen and oxygen atoms in total. The van der Waals surface area contributed by atoms with Gasteiger partial charge in [-0.1, -0.05) is 0 Å². The molecular weight excluding hydrogens is 208 g/mol. The van der Waals surface area contributed by atoms with E-state index in [4.69, 9.17) is 0 Å². The molecule has 1 aliphatic heterocycles. The van der Waals surface area contributed by atoms with E-state index in [1.165, 1.54) is 38.6 Å². The predicted octanol–water partition coefficient (Wildman–Crippen LogP) is 3.03. The number of fused-ring (bicyclic) bond motifs is 2. The number of nitrogens with one attached hydrogen (secondary N) is 1. The minimum Gasteiger partial charge on any atom is -0.312 e. The van der Waals surface area contributed by atoms with Crippen molar-refractivity contribution in [2.75, 3.05) is 13.1 Å². The zero-order chi connectivity index (χ0) is 12.5. The largest absolute Gasteiger partial charge is 0.312 e. The van der Waals surface area contributed by atoms with E-state index in [1.54, 1.807) is 0 Å². The molecule has 1 N–H and O–H groups in total. The van der Waals surface area contributed by atoms with E-state index in [0.717, 1.165) is 24.5 Å². The summed E-state index contributed by atoms with van der Waals surface area (Å²) < 4.78 is 0. The van der Waals surface area contributed by atoms with Crippen LogP contribution in [0.4, 0.5) is 0 Å². The lowest BCUT2D eigenvalue weighted by Crippen LogP contribution is -2.40. The molecule has 17 heavy (non-hydrogen) atoms. The van der Waals surface area contributed by atoms with Crippen LogP contribution >= 0.6 is 0 Å². The SMILES string of the molecule is CC(CCCNC(C)(C)C)N1CC2CCC1C2. The van der Waals surface area contributed by atoms with Crippen molar-refractivity contribution in [1.82, 2.24) is 10.2 Å². The molecule has 0 spiro atoms. The van der Waals surface area contributed by atoms with Gasteiger partial charge in [0.15, 0.2) is 0 Å². The topological polar surface area (TPSA) is 15.3 Å². The number of hydrogen-bond donors (Lipinski definition) is 1. The minimum atomic E-state index is 0.274. The van der Waals surface area contributed by atoms with Crippen LogP contribution in [0.1, 0.15) is 59.8 Å². The Labute approximate surface area is 107 Å². The second kappa shape index (κ2) is 5.27. The lowest BCUT2D eigenvalue weighted by atomic mass is 10.1. The molecule has 2 bridgehead atoms. The second-order valence-electron chi connectivity index (χ2n) is 7.20. The lowest BCUT2D eigenvalue weighted by molar-refractivity contribution is 0.150. The van der Waals surface area contributed by atoms with Gasteiger partial charge in [-0.2, -0.15) is 0 Å². The van der Waals surface area contributed by atoms with Gasteiger partial charge in [0, 0.05) is 24.2 Å². The normalized spacial score (nSPS) is 31.1. The fourth-order valence-electron chi connectivity index (χ4n) is 3.53. The number of hydrogen-bond acceptors (Lipinski definition) is 2. The molecule has 2 fully saturated rings. The van der Waals surface area contributed by atoms with Crippen LogP contribution < -0.4 is 5.32 Å². The molecule has 3 atom stereocenters. The fourth-order valence-corrected chi connectivity index (χ4v) is 3.53. The Bertz CT molecular complexity index is 244. The van der Waals surface area contributed by atoms with Gasteiger partial charge in [-0.25, -0.2) is 0 Å². The van der Waals surface area contributed by atoms with Crippen molar-refractivity contribution in [3.8, 4) is 0 Å². The van der Waals surface area contributed by atoms with Crippen LogP contribution in [-0.4, -0.2) is 35.6 Å². The smallest absolute Gasteiger partial charge is 0.0101 e. The molecular formula is C15H30N2. The number of piperidine rings is 1. The van der Waals surface area contributed by atoms with Crippen molar-refractivity contribution >= 4 is 0 Å². The molecule has 2 rings (SSSR count). The van der Waals surface area contributed by atoms with Crippen LogP contribution in [0.2, 0.25) is 0 Å². The molecule has 1 saturated carbocycles. The van der Waals surface area contributed by atoms with Crippen LogP contribution in [-0.2, 0) is 0 Å². The highest BCUT2D eigenvalue weighted by Gasteiger charge is 2.39. The lowest BCUT2D eigenvalue weighted by Gasteiger charge is -2.33. The van der Waals surface area contributed by atoms with Crippen molar-refractivity contribution in [2.24, 2.45) is 5.92 Å². The molecule has 2 aliphatic rings. The number of likely N-dealkylation sites (tertiary alicyclic amines) is 1. The maximum absolute atomic E-state index is 3.58. The molecule has 0 aromatic carbocycles. The second-order valence-corrected chi connectivity index (χ2v) is 7.20. The Balaban J connectivity index is 1.63. The Hall–Kier alpha value is -0.0800. The summed E-state index contributed by atoms with van der Waals surface area (Å²) in [6.45, 7) is 11.7. The summed E-state index contributed by atoms with van der Waals surface area (Å²) >= 11 is 0. The first-order valence-corrected chi connectivity index (χ1v) is 7.46. The molecule has 0 amide bonds. The van der Waals surface area contributed by atoms with Gasteiger partial charge in [-0.05, 0) is 72.3 Å². The van der Waals surface area contributed by atoms with E-state index in [-0.39, 0.29) is 5.54 Å². The summed E-state index contributed by atoms with van der Waals surface area (Å²) in [6.07, 6.45) is 7.12. The summed E-state index contributed by atoms with van der Waals surface area (Å²) in [4.78, 5) is 2.78. The molecule has 1 saturated heterocycles. The summed E-state index contributed by atoms with van der Waals surface area (Å²) in [5, 5.41) is 3.58. The van der Waals surface area contributed by atoms with Crippen LogP contribution in [0.5, 0.6) is 0 Å².